The fraction of sp³-hybridized carbons (Fsp3) is 0.632. The number of amides is 1. The molecule has 1 atom stereocenters. The molecule has 0 saturated carbocycles. The van der Waals surface area contributed by atoms with Crippen molar-refractivity contribution < 1.29 is 14.6 Å². The molecule has 134 valence electrons. The van der Waals surface area contributed by atoms with Crippen molar-refractivity contribution >= 4 is 6.09 Å². The molecule has 0 bridgehead atoms. The van der Waals surface area contributed by atoms with Crippen LogP contribution in [0, 0.1) is 12.8 Å². The Balaban J connectivity index is 1.69. The Kier molecular flexibility index (Phi) is 7.06. The van der Waals surface area contributed by atoms with Crippen LogP contribution in [-0.4, -0.2) is 48.4 Å². The first-order valence-electron chi connectivity index (χ1n) is 8.85. The van der Waals surface area contributed by atoms with Gasteiger partial charge in [0, 0.05) is 25.7 Å². The smallest absolute Gasteiger partial charge is 0.409 e. The Morgan fingerprint density at radius 3 is 2.50 bits per heavy atom. The first-order chi connectivity index (χ1) is 11.5. The first kappa shape index (κ1) is 18.7. The van der Waals surface area contributed by atoms with E-state index in [0.29, 0.717) is 38.2 Å². The molecule has 2 N–H and O–H groups in total. The van der Waals surface area contributed by atoms with Gasteiger partial charge in [-0.1, -0.05) is 43.7 Å². The predicted molar refractivity (Wildman–Crippen MR) is 94.9 cm³/mol. The molecule has 5 heteroatoms. The van der Waals surface area contributed by atoms with Crippen molar-refractivity contribution in [3.05, 3.63) is 35.4 Å². The van der Waals surface area contributed by atoms with Crippen LogP contribution in [0.1, 0.15) is 43.9 Å². The van der Waals surface area contributed by atoms with Crippen LogP contribution in [0.5, 0.6) is 0 Å². The molecule has 1 amide bonds. The second-order valence-electron chi connectivity index (χ2n) is 7.07. The molecule has 2 rings (SSSR count). The van der Waals surface area contributed by atoms with E-state index in [-0.39, 0.29) is 6.09 Å². The summed E-state index contributed by atoms with van der Waals surface area (Å²) in [6, 6.07) is 8.29. The van der Waals surface area contributed by atoms with Crippen LogP contribution in [0.2, 0.25) is 0 Å². The number of aliphatic hydroxyl groups excluding tert-OH is 1. The molecule has 1 heterocycles. The van der Waals surface area contributed by atoms with Gasteiger partial charge >= 0.3 is 6.09 Å². The number of aryl methyl sites for hydroxylation is 1. The van der Waals surface area contributed by atoms with Gasteiger partial charge in [0.05, 0.1) is 12.7 Å². The van der Waals surface area contributed by atoms with Crippen LogP contribution in [0.4, 0.5) is 4.79 Å². The zero-order valence-corrected chi connectivity index (χ0v) is 15.0. The van der Waals surface area contributed by atoms with E-state index in [1.165, 1.54) is 5.56 Å². The quantitative estimate of drug-likeness (QED) is 0.840. The molecule has 0 spiro atoms. The Labute approximate surface area is 145 Å². The molecule has 1 unspecified atom stereocenters. The molecule has 0 aromatic heterocycles. The van der Waals surface area contributed by atoms with E-state index in [9.17, 15) is 9.90 Å². The summed E-state index contributed by atoms with van der Waals surface area (Å²) in [7, 11) is 0. The average molecular weight is 334 g/mol. The van der Waals surface area contributed by atoms with Crippen molar-refractivity contribution in [2.24, 2.45) is 5.92 Å². The minimum atomic E-state index is -0.500. The van der Waals surface area contributed by atoms with Crippen LogP contribution < -0.4 is 5.32 Å². The number of rotatable bonds is 6. The van der Waals surface area contributed by atoms with Gasteiger partial charge in [0.25, 0.3) is 0 Å². The van der Waals surface area contributed by atoms with E-state index in [4.69, 9.17) is 4.74 Å². The molecule has 1 saturated heterocycles. The van der Waals surface area contributed by atoms with Crippen molar-refractivity contribution in [1.82, 2.24) is 10.2 Å². The third kappa shape index (κ3) is 5.80. The summed E-state index contributed by atoms with van der Waals surface area (Å²) >= 11 is 0. The van der Waals surface area contributed by atoms with Gasteiger partial charge in [-0.25, -0.2) is 4.79 Å². The Hall–Kier alpha value is -1.59. The number of carbonyl (C=O) groups excluding carboxylic acids is 1. The van der Waals surface area contributed by atoms with E-state index in [1.807, 2.05) is 45.0 Å². The molecule has 24 heavy (non-hydrogen) atoms. The summed E-state index contributed by atoms with van der Waals surface area (Å²) in [5.74, 6) is 0.358. The van der Waals surface area contributed by atoms with Crippen LogP contribution in [0.25, 0.3) is 0 Å². The highest BCUT2D eigenvalue weighted by molar-refractivity contribution is 5.67. The van der Waals surface area contributed by atoms with Gasteiger partial charge in [-0.3, -0.25) is 0 Å². The Morgan fingerprint density at radius 1 is 1.29 bits per heavy atom. The lowest BCUT2D eigenvalue weighted by molar-refractivity contribution is 0.0802. The molecule has 1 aliphatic rings. The number of nitrogens with zero attached hydrogens (tertiary/aromatic N) is 1. The lowest BCUT2D eigenvalue weighted by atomic mass is 10.0. The molecule has 1 aromatic rings. The summed E-state index contributed by atoms with van der Waals surface area (Å²) < 4.78 is 5.27. The number of hydrogen-bond acceptors (Lipinski definition) is 4. The number of nitrogens with one attached hydrogen (secondary N) is 1. The molecule has 1 aliphatic heterocycles. The minimum absolute atomic E-state index is 0.207. The van der Waals surface area contributed by atoms with E-state index >= 15 is 0 Å². The predicted octanol–water partition coefficient (Wildman–Crippen LogP) is 2.88. The van der Waals surface area contributed by atoms with Gasteiger partial charge in [-0.15, -0.1) is 0 Å². The summed E-state index contributed by atoms with van der Waals surface area (Å²) in [5.41, 5.74) is 2.12. The van der Waals surface area contributed by atoms with Crippen LogP contribution in [-0.2, 0) is 4.74 Å². The summed E-state index contributed by atoms with van der Waals surface area (Å²) in [4.78, 5) is 13.7. The molecule has 1 fully saturated rings. The number of aliphatic hydroxyl groups is 1. The minimum Gasteiger partial charge on any atom is -0.449 e. The molecule has 5 nitrogen and oxygen atoms in total. The average Bonchev–Trinajstić information content (AvgIpc) is 2.58. The Morgan fingerprint density at radius 2 is 1.92 bits per heavy atom. The van der Waals surface area contributed by atoms with E-state index in [1.54, 1.807) is 4.90 Å². The van der Waals surface area contributed by atoms with Gasteiger partial charge in [0.1, 0.15) is 0 Å². The van der Waals surface area contributed by atoms with Gasteiger partial charge in [-0.05, 0) is 31.2 Å². The van der Waals surface area contributed by atoms with Crippen molar-refractivity contribution in [1.29, 1.82) is 0 Å². The fourth-order valence-corrected chi connectivity index (χ4v) is 2.78. The maximum absolute atomic E-state index is 11.9. The number of carbonyl (C=O) groups is 1. The fourth-order valence-electron chi connectivity index (χ4n) is 2.78. The third-order valence-corrected chi connectivity index (χ3v) is 4.36. The van der Waals surface area contributed by atoms with Crippen molar-refractivity contribution in [2.45, 2.75) is 45.8 Å². The molecule has 1 aromatic carbocycles. The van der Waals surface area contributed by atoms with E-state index in [2.05, 4.69) is 5.32 Å². The van der Waals surface area contributed by atoms with Gasteiger partial charge in [0.2, 0.25) is 0 Å². The number of ether oxygens (including phenoxy) is 1. The highest BCUT2D eigenvalue weighted by Crippen LogP contribution is 2.16. The van der Waals surface area contributed by atoms with Crippen molar-refractivity contribution in [3.8, 4) is 0 Å². The highest BCUT2D eigenvalue weighted by atomic mass is 16.6. The molecule has 0 aliphatic carbocycles. The third-order valence-electron chi connectivity index (χ3n) is 4.36. The second kappa shape index (κ2) is 9.04. The number of likely N-dealkylation sites (tertiary alicyclic amines) is 1. The largest absolute Gasteiger partial charge is 0.449 e. The number of hydrogen-bond donors (Lipinski definition) is 2. The lowest BCUT2D eigenvalue weighted by Gasteiger charge is -2.32. The first-order valence-corrected chi connectivity index (χ1v) is 8.85. The van der Waals surface area contributed by atoms with Crippen LogP contribution in [0.15, 0.2) is 24.3 Å². The maximum Gasteiger partial charge on any atom is 0.409 e. The normalized spacial score (nSPS) is 17.1. The standard InChI is InChI=1S/C19H30N2O3/c1-14(2)13-24-19(23)21-10-8-17(9-11-21)20-12-18(22)16-6-4-15(3)5-7-16/h4-7,14,17-18,20,22H,8-13H2,1-3H3. The topological polar surface area (TPSA) is 61.8 Å². The Bertz CT molecular complexity index is 508. The zero-order valence-electron chi connectivity index (χ0n) is 15.0. The molecular weight excluding hydrogens is 304 g/mol. The van der Waals surface area contributed by atoms with E-state index < -0.39 is 6.10 Å². The number of piperidine rings is 1. The summed E-state index contributed by atoms with van der Waals surface area (Å²) in [6.07, 6.45) is 1.07. The zero-order chi connectivity index (χ0) is 17.5. The van der Waals surface area contributed by atoms with E-state index in [0.717, 1.165) is 18.4 Å². The van der Waals surface area contributed by atoms with Gasteiger partial charge < -0.3 is 20.1 Å². The summed E-state index contributed by atoms with van der Waals surface area (Å²) in [5, 5.41) is 13.7. The van der Waals surface area contributed by atoms with Crippen molar-refractivity contribution in [3.63, 3.8) is 0 Å². The molecule has 0 radical (unpaired) electrons. The summed E-state index contributed by atoms with van der Waals surface area (Å²) in [6.45, 7) is 8.51. The monoisotopic (exact) mass is 334 g/mol. The van der Waals surface area contributed by atoms with Gasteiger partial charge in [0.15, 0.2) is 0 Å². The lowest BCUT2D eigenvalue weighted by Crippen LogP contribution is -2.46. The van der Waals surface area contributed by atoms with Crippen molar-refractivity contribution in [2.75, 3.05) is 26.2 Å². The molecular formula is C19H30N2O3. The number of benzene rings is 1. The maximum atomic E-state index is 11.9. The highest BCUT2D eigenvalue weighted by Gasteiger charge is 2.24. The van der Waals surface area contributed by atoms with Gasteiger partial charge in [-0.2, -0.15) is 0 Å². The second-order valence-corrected chi connectivity index (χ2v) is 7.07. The SMILES string of the molecule is Cc1ccc(C(O)CNC2CCN(C(=O)OCC(C)C)CC2)cc1. The van der Waals surface area contributed by atoms with Crippen LogP contribution in [0.3, 0.4) is 0 Å². The van der Waals surface area contributed by atoms with Crippen LogP contribution >= 0.6 is 0 Å².